The Morgan fingerprint density at radius 3 is 2.38 bits per heavy atom. The second kappa shape index (κ2) is 13.1. The molecule has 0 radical (unpaired) electrons. The molecule has 0 aliphatic rings. The number of ether oxygens (including phenoxy) is 2. The van der Waals surface area contributed by atoms with Crippen molar-refractivity contribution in [1.29, 1.82) is 0 Å². The zero-order valence-electron chi connectivity index (χ0n) is 25.8. The molecular formula is C31H34ClNO7. The third-order valence-electron chi connectivity index (χ3n) is 6.26. The topological polar surface area (TPSA) is 112 Å². The number of carboxylic acids is 1. The maximum absolute atomic E-state index is 13.7. The Balaban J connectivity index is 2.16. The number of carbonyl (C=O) groups excluding carboxylic acids is 2. The molecule has 1 atom stereocenters. The van der Waals surface area contributed by atoms with Gasteiger partial charge in [0.05, 0.1) is 34.6 Å². The number of aromatic nitrogens is 1. The lowest BCUT2D eigenvalue weighted by molar-refractivity contribution is -0.122. The number of ketones is 2. The Morgan fingerprint density at radius 1 is 1.07 bits per heavy atom. The van der Waals surface area contributed by atoms with Gasteiger partial charge in [0.15, 0.2) is 11.6 Å². The van der Waals surface area contributed by atoms with Crippen molar-refractivity contribution in [2.45, 2.75) is 58.6 Å². The highest BCUT2D eigenvalue weighted by atomic mass is 35.5. The number of nitrogens with zero attached hydrogens (tertiary/aromatic N) is 1. The number of methoxy groups -OCH3 is 1. The van der Waals surface area contributed by atoms with Gasteiger partial charge in [0, 0.05) is 41.7 Å². The first kappa shape index (κ1) is 26.5. The molecule has 3 aromatic rings. The van der Waals surface area contributed by atoms with Gasteiger partial charge in [0.25, 0.3) is 5.56 Å². The minimum absolute atomic E-state index is 0.0399. The maximum Gasteiger partial charge on any atom is 0.335 e. The number of benzene rings is 2. The molecule has 0 aliphatic heterocycles. The van der Waals surface area contributed by atoms with Crippen molar-refractivity contribution in [1.82, 2.24) is 4.57 Å². The summed E-state index contributed by atoms with van der Waals surface area (Å²) in [6, 6.07) is 10.3. The van der Waals surface area contributed by atoms with Gasteiger partial charge in [0.1, 0.15) is 5.75 Å². The Hall–Kier alpha value is -3.75. The van der Waals surface area contributed by atoms with E-state index in [1.54, 1.807) is 6.92 Å². The van der Waals surface area contributed by atoms with Gasteiger partial charge in [-0.25, -0.2) is 4.79 Å². The highest BCUT2D eigenvalue weighted by Gasteiger charge is 2.25. The van der Waals surface area contributed by atoms with E-state index in [0.717, 1.165) is 10.6 Å². The first-order valence-electron chi connectivity index (χ1n) is 14.3. The summed E-state index contributed by atoms with van der Waals surface area (Å²) in [4.78, 5) is 51.3. The van der Waals surface area contributed by atoms with Gasteiger partial charge in [-0.15, -0.1) is 0 Å². The minimum Gasteiger partial charge on any atom is -0.495 e. The highest BCUT2D eigenvalue weighted by molar-refractivity contribution is 6.31. The van der Waals surface area contributed by atoms with Crippen LogP contribution < -0.4 is 10.3 Å². The lowest BCUT2D eigenvalue weighted by atomic mass is 9.95. The number of halogens is 1. The maximum atomic E-state index is 13.7. The molecule has 0 fully saturated rings. The summed E-state index contributed by atoms with van der Waals surface area (Å²) < 4.78 is 35.5. The molecule has 212 valence electrons. The third-order valence-corrected chi connectivity index (χ3v) is 6.50. The molecule has 2 aromatic carbocycles. The molecule has 1 aromatic heterocycles. The summed E-state index contributed by atoms with van der Waals surface area (Å²) >= 11 is 6.22. The van der Waals surface area contributed by atoms with E-state index in [4.69, 9.17) is 25.2 Å². The summed E-state index contributed by atoms with van der Waals surface area (Å²) in [6.45, 7) is 7.31. The number of hydrogen-bond acceptors (Lipinski definition) is 6. The molecule has 0 saturated carbocycles. The fraction of sp³-hybridized carbons (Fsp3) is 0.355. The quantitative estimate of drug-likeness (QED) is 0.265. The normalized spacial score (nSPS) is 13.6. The second-order valence-electron chi connectivity index (χ2n) is 10.3. The fourth-order valence-electron chi connectivity index (χ4n) is 4.25. The monoisotopic (exact) mass is 570 g/mol. The van der Waals surface area contributed by atoms with E-state index >= 15 is 0 Å². The van der Waals surface area contributed by atoms with Crippen molar-refractivity contribution in [2.24, 2.45) is 0 Å². The minimum atomic E-state index is -2.93. The Morgan fingerprint density at radius 2 is 1.77 bits per heavy atom. The molecule has 0 amide bonds. The number of aromatic carboxylic acids is 1. The van der Waals surface area contributed by atoms with Crippen molar-refractivity contribution in [3.05, 3.63) is 86.8 Å². The molecule has 3 rings (SSSR count). The molecule has 0 spiro atoms. The molecule has 0 aliphatic carbocycles. The zero-order chi connectivity index (χ0) is 32.1. The van der Waals surface area contributed by atoms with E-state index in [1.165, 1.54) is 48.7 Å². The van der Waals surface area contributed by atoms with Crippen LogP contribution in [0.1, 0.15) is 77.0 Å². The van der Waals surface area contributed by atoms with Gasteiger partial charge in [-0.1, -0.05) is 30.7 Å². The first-order valence-corrected chi connectivity index (χ1v) is 13.1. The van der Waals surface area contributed by atoms with E-state index in [9.17, 15) is 24.3 Å². The van der Waals surface area contributed by atoms with Crippen LogP contribution in [0.2, 0.25) is 5.02 Å². The van der Waals surface area contributed by atoms with E-state index < -0.39 is 30.2 Å². The molecule has 0 saturated heterocycles. The molecular weight excluding hydrogens is 534 g/mol. The van der Waals surface area contributed by atoms with Crippen LogP contribution in [0.25, 0.3) is 11.1 Å². The second-order valence-corrected chi connectivity index (χ2v) is 10.7. The highest BCUT2D eigenvalue weighted by Crippen LogP contribution is 2.34. The standard InChI is InChI=1S/C31H34ClNO7/c1-6-26(34)22-12-11-21(32)16-23(22)24-17-29(36)33(18-28(24)39-5)25(13-14-40-31(2,3)4)27(35)15-19-7-9-20(10-8-19)30(37)38/h7-12,16-18,25H,6,13-15H2,1-5H3,(H,37,38)/t25-/m1/s1/i5D3. The number of Topliss-reactive ketones (excluding diaryl/α,β-unsaturated/α-hetero) is 2. The van der Waals surface area contributed by atoms with Crippen molar-refractivity contribution < 1.29 is 33.1 Å². The first-order chi connectivity index (χ1) is 20.0. The Bertz CT molecular complexity index is 1560. The van der Waals surface area contributed by atoms with Crippen molar-refractivity contribution in [3.63, 3.8) is 0 Å². The van der Waals surface area contributed by atoms with E-state index in [-0.39, 0.29) is 70.5 Å². The Labute approximate surface area is 242 Å². The summed E-state index contributed by atoms with van der Waals surface area (Å²) in [6.07, 6.45) is 1.26. The number of rotatable bonds is 12. The van der Waals surface area contributed by atoms with Crippen LogP contribution in [0.3, 0.4) is 0 Å². The summed E-state index contributed by atoms with van der Waals surface area (Å²) in [5, 5.41) is 9.44. The predicted octanol–water partition coefficient (Wildman–Crippen LogP) is 6.03. The van der Waals surface area contributed by atoms with Gasteiger partial charge < -0.3 is 19.1 Å². The van der Waals surface area contributed by atoms with Crippen LogP contribution in [0, 0.1) is 0 Å². The molecule has 0 bridgehead atoms. The van der Waals surface area contributed by atoms with E-state index in [0.29, 0.717) is 5.56 Å². The Kier molecular flexibility index (Phi) is 8.65. The van der Waals surface area contributed by atoms with Crippen LogP contribution in [-0.2, 0) is 16.0 Å². The predicted molar refractivity (Wildman–Crippen MR) is 154 cm³/mol. The average molecular weight is 571 g/mol. The number of hydrogen-bond donors (Lipinski definition) is 1. The van der Waals surface area contributed by atoms with Gasteiger partial charge in [-0.3, -0.25) is 14.4 Å². The van der Waals surface area contributed by atoms with Crippen LogP contribution in [0.15, 0.2) is 59.5 Å². The average Bonchev–Trinajstić information content (AvgIpc) is 2.90. The van der Waals surface area contributed by atoms with Crippen molar-refractivity contribution >= 4 is 29.1 Å². The SMILES string of the molecule is [2H]C([2H])([2H])Oc1cn([C@H](CCOC(C)(C)C)C(=O)Cc2ccc(C(=O)O)cc2)c(=O)cc1-c1cc(Cl)ccc1C(=O)CC. The van der Waals surface area contributed by atoms with Gasteiger partial charge >= 0.3 is 5.97 Å². The summed E-state index contributed by atoms with van der Waals surface area (Å²) in [7, 11) is -2.93. The number of carbonyl (C=O) groups is 3. The number of carboxylic acid groups (broad SMARTS) is 1. The summed E-state index contributed by atoms with van der Waals surface area (Å²) in [5.41, 5.74) is -0.0835. The third kappa shape index (κ3) is 7.67. The van der Waals surface area contributed by atoms with Crippen molar-refractivity contribution in [2.75, 3.05) is 13.6 Å². The van der Waals surface area contributed by atoms with Crippen LogP contribution in [0.5, 0.6) is 5.75 Å². The lowest BCUT2D eigenvalue weighted by Crippen LogP contribution is -2.32. The fourth-order valence-corrected chi connectivity index (χ4v) is 4.43. The smallest absolute Gasteiger partial charge is 0.335 e. The zero-order valence-corrected chi connectivity index (χ0v) is 23.6. The van der Waals surface area contributed by atoms with E-state index in [2.05, 4.69) is 0 Å². The van der Waals surface area contributed by atoms with Crippen LogP contribution >= 0.6 is 11.6 Å². The van der Waals surface area contributed by atoms with Crippen LogP contribution in [0.4, 0.5) is 0 Å². The van der Waals surface area contributed by atoms with Crippen LogP contribution in [-0.4, -0.2) is 46.5 Å². The molecule has 1 N–H and O–H groups in total. The van der Waals surface area contributed by atoms with Gasteiger partial charge in [0.2, 0.25) is 0 Å². The lowest BCUT2D eigenvalue weighted by Gasteiger charge is -2.24. The van der Waals surface area contributed by atoms with Gasteiger partial charge in [-0.2, -0.15) is 0 Å². The largest absolute Gasteiger partial charge is 0.495 e. The molecule has 9 heteroatoms. The molecule has 8 nitrogen and oxygen atoms in total. The molecule has 40 heavy (non-hydrogen) atoms. The molecule has 0 unspecified atom stereocenters. The summed E-state index contributed by atoms with van der Waals surface area (Å²) in [5.74, 6) is -1.99. The molecule has 1 heterocycles. The number of pyridine rings is 1. The van der Waals surface area contributed by atoms with Crippen molar-refractivity contribution in [3.8, 4) is 16.9 Å². The van der Waals surface area contributed by atoms with Gasteiger partial charge in [-0.05, 0) is 68.7 Å². The van der Waals surface area contributed by atoms with E-state index in [1.807, 2.05) is 20.8 Å².